The Morgan fingerprint density at radius 1 is 1.00 bits per heavy atom. The molecule has 0 saturated heterocycles. The molecule has 0 amide bonds. The average molecular weight is 276 g/mol. The molecule has 0 aliphatic carbocycles. The van der Waals surface area contributed by atoms with E-state index < -0.39 is 0 Å². The molecule has 1 aromatic heterocycles. The Labute approximate surface area is 123 Å². The van der Waals surface area contributed by atoms with Gasteiger partial charge in [-0.25, -0.2) is 0 Å². The van der Waals surface area contributed by atoms with E-state index in [1.165, 1.54) is 0 Å². The quantitative estimate of drug-likeness (QED) is 0.734. The molecule has 4 nitrogen and oxygen atoms in total. The zero-order valence-corrected chi connectivity index (χ0v) is 11.8. The van der Waals surface area contributed by atoms with Crippen LogP contribution in [0, 0.1) is 6.92 Å². The number of aromatic nitrogens is 4. The molecule has 0 N–H and O–H groups in total. The molecule has 1 heterocycles. The van der Waals surface area contributed by atoms with Crippen LogP contribution < -0.4 is 0 Å². The second-order valence-corrected chi connectivity index (χ2v) is 4.80. The maximum Gasteiger partial charge on any atom is 0.205 e. The summed E-state index contributed by atoms with van der Waals surface area (Å²) in [6.07, 6.45) is 4.08. The van der Waals surface area contributed by atoms with E-state index in [0.717, 1.165) is 16.7 Å². The maximum absolute atomic E-state index is 4.42. The Hall–Kier alpha value is -2.75. The fourth-order valence-corrected chi connectivity index (χ4v) is 2.10. The van der Waals surface area contributed by atoms with Crippen LogP contribution in [0.25, 0.3) is 17.5 Å². The Bertz CT molecular complexity index is 744. The first-order chi connectivity index (χ1) is 10.3. The van der Waals surface area contributed by atoms with E-state index in [0.29, 0.717) is 12.4 Å². The topological polar surface area (TPSA) is 43.6 Å². The summed E-state index contributed by atoms with van der Waals surface area (Å²) in [7, 11) is 0. The summed E-state index contributed by atoms with van der Waals surface area (Å²) >= 11 is 0. The maximum atomic E-state index is 4.42. The number of benzene rings is 2. The summed E-state index contributed by atoms with van der Waals surface area (Å²) in [6, 6.07) is 18.2. The SMILES string of the molecule is Cc1ccccc1-c1nnn(C/C=C/c2ccccc2)n1. The molecule has 0 aliphatic rings. The van der Waals surface area contributed by atoms with E-state index in [4.69, 9.17) is 0 Å². The van der Waals surface area contributed by atoms with Crippen LogP contribution in [0.3, 0.4) is 0 Å². The van der Waals surface area contributed by atoms with Gasteiger partial charge in [-0.3, -0.25) is 0 Å². The molecule has 21 heavy (non-hydrogen) atoms. The van der Waals surface area contributed by atoms with Crippen LogP contribution in [0.2, 0.25) is 0 Å². The van der Waals surface area contributed by atoms with Gasteiger partial charge in [0, 0.05) is 5.56 Å². The number of allylic oxidation sites excluding steroid dienone is 1. The van der Waals surface area contributed by atoms with Gasteiger partial charge in [0.2, 0.25) is 5.82 Å². The van der Waals surface area contributed by atoms with Gasteiger partial charge in [-0.05, 0) is 23.3 Å². The average Bonchev–Trinajstić information content (AvgIpc) is 2.97. The van der Waals surface area contributed by atoms with Gasteiger partial charge in [0.25, 0.3) is 0 Å². The van der Waals surface area contributed by atoms with Gasteiger partial charge < -0.3 is 0 Å². The monoisotopic (exact) mass is 276 g/mol. The van der Waals surface area contributed by atoms with E-state index in [-0.39, 0.29) is 0 Å². The third-order valence-electron chi connectivity index (χ3n) is 3.22. The van der Waals surface area contributed by atoms with Crippen molar-refractivity contribution in [1.82, 2.24) is 20.2 Å². The lowest BCUT2D eigenvalue weighted by atomic mass is 10.1. The van der Waals surface area contributed by atoms with Crippen LogP contribution in [0.1, 0.15) is 11.1 Å². The number of hydrogen-bond donors (Lipinski definition) is 0. The largest absolute Gasteiger partial charge is 0.205 e. The normalized spacial score (nSPS) is 11.1. The van der Waals surface area contributed by atoms with Gasteiger partial charge >= 0.3 is 0 Å². The van der Waals surface area contributed by atoms with E-state index in [1.54, 1.807) is 4.80 Å². The van der Waals surface area contributed by atoms with Crippen molar-refractivity contribution in [1.29, 1.82) is 0 Å². The number of tetrazole rings is 1. The Morgan fingerprint density at radius 2 is 1.76 bits per heavy atom. The van der Waals surface area contributed by atoms with Crippen LogP contribution in [0.4, 0.5) is 0 Å². The molecule has 0 fully saturated rings. The lowest BCUT2D eigenvalue weighted by Crippen LogP contribution is -2.00. The molecule has 0 radical (unpaired) electrons. The molecule has 104 valence electrons. The minimum absolute atomic E-state index is 0.605. The number of aryl methyl sites for hydroxylation is 1. The molecule has 2 aromatic carbocycles. The van der Waals surface area contributed by atoms with Crippen LogP contribution in [0.5, 0.6) is 0 Å². The van der Waals surface area contributed by atoms with Crippen molar-refractivity contribution in [2.24, 2.45) is 0 Å². The lowest BCUT2D eigenvalue weighted by molar-refractivity contribution is 0.583. The third kappa shape index (κ3) is 3.23. The predicted octanol–water partition coefficient (Wildman–Crippen LogP) is 3.36. The molecule has 3 rings (SSSR count). The standard InChI is InChI=1S/C17H16N4/c1-14-8-5-6-12-16(14)17-18-20-21(19-17)13-7-11-15-9-3-2-4-10-15/h2-12H,13H2,1H3/b11-7+. The van der Waals surface area contributed by atoms with E-state index in [1.807, 2.05) is 55.5 Å². The summed E-state index contributed by atoms with van der Waals surface area (Å²) in [6.45, 7) is 2.65. The van der Waals surface area contributed by atoms with Crippen LogP contribution in [0.15, 0.2) is 60.7 Å². The van der Waals surface area contributed by atoms with Crippen molar-refractivity contribution < 1.29 is 0 Å². The van der Waals surface area contributed by atoms with Crippen molar-refractivity contribution in [2.45, 2.75) is 13.5 Å². The van der Waals surface area contributed by atoms with Crippen molar-refractivity contribution in [3.8, 4) is 11.4 Å². The zero-order chi connectivity index (χ0) is 14.5. The van der Waals surface area contributed by atoms with Gasteiger partial charge in [0.1, 0.15) is 0 Å². The van der Waals surface area contributed by atoms with Gasteiger partial charge in [-0.1, -0.05) is 66.7 Å². The number of rotatable bonds is 4. The second kappa shape index (κ2) is 6.13. The number of nitrogens with zero attached hydrogens (tertiary/aromatic N) is 4. The molecule has 0 spiro atoms. The molecule has 3 aromatic rings. The molecule has 0 bridgehead atoms. The van der Waals surface area contributed by atoms with E-state index in [9.17, 15) is 0 Å². The first-order valence-electron chi connectivity index (χ1n) is 6.88. The molecule has 4 heteroatoms. The molecule has 0 aliphatic heterocycles. The summed E-state index contributed by atoms with van der Waals surface area (Å²) in [5.41, 5.74) is 3.34. The Balaban J connectivity index is 1.71. The summed E-state index contributed by atoms with van der Waals surface area (Å²) < 4.78 is 0. The first-order valence-corrected chi connectivity index (χ1v) is 6.88. The van der Waals surface area contributed by atoms with Crippen molar-refractivity contribution in [3.05, 3.63) is 71.8 Å². The van der Waals surface area contributed by atoms with Gasteiger partial charge in [0.05, 0.1) is 6.54 Å². The fourth-order valence-electron chi connectivity index (χ4n) is 2.10. The van der Waals surface area contributed by atoms with Gasteiger partial charge in [-0.2, -0.15) is 4.80 Å². The first kappa shape index (κ1) is 13.2. The number of hydrogen-bond acceptors (Lipinski definition) is 3. The van der Waals surface area contributed by atoms with Crippen molar-refractivity contribution >= 4 is 6.08 Å². The highest BCUT2D eigenvalue weighted by atomic mass is 15.6. The second-order valence-electron chi connectivity index (χ2n) is 4.80. The van der Waals surface area contributed by atoms with Crippen LogP contribution >= 0.6 is 0 Å². The lowest BCUT2D eigenvalue weighted by Gasteiger charge is -1.98. The van der Waals surface area contributed by atoms with Crippen molar-refractivity contribution in [3.63, 3.8) is 0 Å². The van der Waals surface area contributed by atoms with Crippen molar-refractivity contribution in [2.75, 3.05) is 0 Å². The third-order valence-corrected chi connectivity index (χ3v) is 3.22. The predicted molar refractivity (Wildman–Crippen MR) is 83.5 cm³/mol. The highest BCUT2D eigenvalue weighted by Crippen LogP contribution is 2.17. The van der Waals surface area contributed by atoms with Gasteiger partial charge in [-0.15, -0.1) is 10.2 Å². The van der Waals surface area contributed by atoms with E-state index >= 15 is 0 Å². The summed E-state index contributed by atoms with van der Waals surface area (Å²) in [5, 5.41) is 12.6. The summed E-state index contributed by atoms with van der Waals surface area (Å²) in [4.78, 5) is 1.60. The fraction of sp³-hybridized carbons (Fsp3) is 0.118. The van der Waals surface area contributed by atoms with Gasteiger partial charge in [0.15, 0.2) is 0 Å². The highest BCUT2D eigenvalue weighted by Gasteiger charge is 2.06. The van der Waals surface area contributed by atoms with E-state index in [2.05, 4.69) is 33.6 Å². The van der Waals surface area contributed by atoms with Crippen LogP contribution in [-0.2, 0) is 6.54 Å². The molecule has 0 unspecified atom stereocenters. The Morgan fingerprint density at radius 3 is 2.57 bits per heavy atom. The minimum atomic E-state index is 0.605. The summed E-state index contributed by atoms with van der Waals surface area (Å²) in [5.74, 6) is 0.668. The molecular formula is C17H16N4. The van der Waals surface area contributed by atoms with Crippen LogP contribution in [-0.4, -0.2) is 20.2 Å². The Kier molecular flexibility index (Phi) is 3.87. The molecular weight excluding hydrogens is 260 g/mol. The smallest absolute Gasteiger partial charge is 0.160 e. The highest BCUT2D eigenvalue weighted by molar-refractivity contribution is 5.58. The minimum Gasteiger partial charge on any atom is -0.160 e. The molecule has 0 saturated carbocycles. The molecule has 0 atom stereocenters. The zero-order valence-electron chi connectivity index (χ0n) is 11.8.